The highest BCUT2D eigenvalue weighted by atomic mass is 35.5. The molecule has 1 saturated carbocycles. The third-order valence-corrected chi connectivity index (χ3v) is 5.47. The van der Waals surface area contributed by atoms with Crippen molar-refractivity contribution in [3.05, 3.63) is 23.8 Å². The number of methoxy groups -OCH3 is 1. The van der Waals surface area contributed by atoms with Gasteiger partial charge in [0.1, 0.15) is 0 Å². The summed E-state index contributed by atoms with van der Waals surface area (Å²) in [6.45, 7) is 7.16. The zero-order valence-electron chi connectivity index (χ0n) is 16.0. The van der Waals surface area contributed by atoms with Crippen molar-refractivity contribution in [2.75, 3.05) is 39.9 Å². The van der Waals surface area contributed by atoms with Crippen LogP contribution >= 0.6 is 24.8 Å². The Balaban J connectivity index is 0.00000169. The van der Waals surface area contributed by atoms with E-state index in [4.69, 9.17) is 9.47 Å². The van der Waals surface area contributed by atoms with Crippen LogP contribution in [0, 0.1) is 5.92 Å². The first-order chi connectivity index (χ1) is 11.8. The van der Waals surface area contributed by atoms with Gasteiger partial charge in [-0.05, 0) is 43.4 Å². The Morgan fingerprint density at radius 1 is 1.08 bits per heavy atom. The molecule has 1 saturated heterocycles. The van der Waals surface area contributed by atoms with E-state index in [9.17, 15) is 0 Å². The fraction of sp³-hybridized carbons (Fsp3) is 0.700. The second-order valence-corrected chi connectivity index (χ2v) is 6.97. The van der Waals surface area contributed by atoms with Crippen molar-refractivity contribution in [3.63, 3.8) is 0 Å². The van der Waals surface area contributed by atoms with Gasteiger partial charge < -0.3 is 14.8 Å². The summed E-state index contributed by atoms with van der Waals surface area (Å²) in [5.41, 5.74) is 1.40. The minimum atomic E-state index is 0. The molecule has 1 aliphatic heterocycles. The highest BCUT2D eigenvalue weighted by molar-refractivity contribution is 5.85. The molecular weight excluding hydrogens is 371 g/mol. The van der Waals surface area contributed by atoms with Crippen LogP contribution in [-0.2, 0) is 0 Å². The molecule has 2 fully saturated rings. The molecule has 4 nitrogen and oxygen atoms in total. The van der Waals surface area contributed by atoms with Gasteiger partial charge in [-0.15, -0.1) is 24.8 Å². The van der Waals surface area contributed by atoms with E-state index in [0.717, 1.165) is 43.6 Å². The van der Waals surface area contributed by atoms with Crippen molar-refractivity contribution >= 4 is 24.8 Å². The number of nitrogens with zero attached hydrogens (tertiary/aromatic N) is 1. The minimum absolute atomic E-state index is 0. The van der Waals surface area contributed by atoms with Crippen LogP contribution in [-0.4, -0.2) is 44.8 Å². The van der Waals surface area contributed by atoms with E-state index < -0.39 is 0 Å². The summed E-state index contributed by atoms with van der Waals surface area (Å²) in [4.78, 5) is 2.68. The van der Waals surface area contributed by atoms with Gasteiger partial charge in [-0.1, -0.05) is 25.3 Å². The molecule has 1 aromatic rings. The van der Waals surface area contributed by atoms with Crippen molar-refractivity contribution in [1.82, 2.24) is 10.2 Å². The lowest BCUT2D eigenvalue weighted by Crippen LogP contribution is -2.47. The lowest BCUT2D eigenvalue weighted by Gasteiger charge is -2.41. The zero-order valence-corrected chi connectivity index (χ0v) is 17.7. The van der Waals surface area contributed by atoms with Gasteiger partial charge in [0.25, 0.3) is 0 Å². The molecule has 150 valence electrons. The normalized spacial score (nSPS) is 19.8. The van der Waals surface area contributed by atoms with Crippen LogP contribution in [0.15, 0.2) is 18.2 Å². The molecule has 0 unspecified atom stereocenters. The number of rotatable bonds is 6. The quantitative estimate of drug-likeness (QED) is 0.758. The van der Waals surface area contributed by atoms with Gasteiger partial charge in [-0.25, -0.2) is 0 Å². The summed E-state index contributed by atoms with van der Waals surface area (Å²) < 4.78 is 11.3. The molecule has 0 bridgehead atoms. The third kappa shape index (κ3) is 5.66. The molecule has 1 N–H and O–H groups in total. The number of halogens is 2. The van der Waals surface area contributed by atoms with Crippen molar-refractivity contribution in [3.8, 4) is 11.5 Å². The van der Waals surface area contributed by atoms with E-state index in [-0.39, 0.29) is 24.8 Å². The predicted octanol–water partition coefficient (Wildman–Crippen LogP) is 4.46. The van der Waals surface area contributed by atoms with Crippen LogP contribution in [0.3, 0.4) is 0 Å². The van der Waals surface area contributed by atoms with Crippen molar-refractivity contribution in [2.24, 2.45) is 5.92 Å². The summed E-state index contributed by atoms with van der Waals surface area (Å²) in [6, 6.07) is 7.07. The van der Waals surface area contributed by atoms with Crippen LogP contribution in [0.1, 0.15) is 50.6 Å². The van der Waals surface area contributed by atoms with E-state index >= 15 is 0 Å². The lowest BCUT2D eigenvalue weighted by molar-refractivity contribution is 0.103. The first-order valence-electron chi connectivity index (χ1n) is 9.59. The highest BCUT2D eigenvalue weighted by Crippen LogP contribution is 2.41. The second-order valence-electron chi connectivity index (χ2n) is 6.97. The summed E-state index contributed by atoms with van der Waals surface area (Å²) >= 11 is 0. The SMILES string of the molecule is CCOc1cc([C@@H](C2CCCCC2)N2CCNCC2)ccc1OC.Cl.Cl. The maximum atomic E-state index is 5.84. The van der Waals surface area contributed by atoms with Gasteiger partial charge in [0.15, 0.2) is 11.5 Å². The minimum Gasteiger partial charge on any atom is -0.493 e. The topological polar surface area (TPSA) is 33.7 Å². The summed E-state index contributed by atoms with van der Waals surface area (Å²) in [7, 11) is 1.71. The number of hydrogen-bond donors (Lipinski definition) is 1. The molecule has 1 atom stereocenters. The Morgan fingerprint density at radius 2 is 1.77 bits per heavy atom. The summed E-state index contributed by atoms with van der Waals surface area (Å²) in [5, 5.41) is 3.49. The average molecular weight is 405 g/mol. The molecular formula is C20H34Cl2N2O2. The third-order valence-electron chi connectivity index (χ3n) is 5.47. The Labute approximate surface area is 170 Å². The van der Waals surface area contributed by atoms with Gasteiger partial charge in [-0.2, -0.15) is 0 Å². The average Bonchev–Trinajstić information content (AvgIpc) is 2.64. The Bertz CT molecular complexity index is 501. The standard InChI is InChI=1S/C20H32N2O2.2ClH/c1-3-24-19-15-17(9-10-18(19)23-2)20(16-7-5-4-6-8-16)22-13-11-21-12-14-22;;/h9-10,15-16,20-21H,3-8,11-14H2,1-2H3;2*1H/t20-;;/m1../s1. The maximum Gasteiger partial charge on any atom is 0.161 e. The number of hydrogen-bond acceptors (Lipinski definition) is 4. The molecule has 1 aromatic carbocycles. The van der Waals surface area contributed by atoms with E-state index in [1.807, 2.05) is 6.92 Å². The molecule has 0 amide bonds. The van der Waals surface area contributed by atoms with Gasteiger partial charge in [0, 0.05) is 32.2 Å². The number of benzene rings is 1. The van der Waals surface area contributed by atoms with E-state index in [0.29, 0.717) is 12.6 Å². The molecule has 1 aliphatic carbocycles. The Hall–Kier alpha value is -0.680. The molecule has 1 heterocycles. The van der Waals surface area contributed by atoms with Gasteiger partial charge >= 0.3 is 0 Å². The monoisotopic (exact) mass is 404 g/mol. The molecule has 2 aliphatic rings. The Morgan fingerprint density at radius 3 is 2.38 bits per heavy atom. The summed E-state index contributed by atoms with van der Waals surface area (Å²) in [5.74, 6) is 2.48. The van der Waals surface area contributed by atoms with Crippen LogP contribution in [0.4, 0.5) is 0 Å². The predicted molar refractivity (Wildman–Crippen MR) is 112 cm³/mol. The zero-order chi connectivity index (χ0) is 16.8. The number of ether oxygens (including phenoxy) is 2. The maximum absolute atomic E-state index is 5.84. The van der Waals surface area contributed by atoms with Crippen LogP contribution in [0.2, 0.25) is 0 Å². The van der Waals surface area contributed by atoms with Crippen LogP contribution < -0.4 is 14.8 Å². The summed E-state index contributed by atoms with van der Waals surface area (Å²) in [6.07, 6.45) is 6.86. The number of nitrogens with one attached hydrogen (secondary N) is 1. The molecule has 3 rings (SSSR count). The lowest BCUT2D eigenvalue weighted by atomic mass is 9.80. The Kier molecular flexibility index (Phi) is 10.7. The van der Waals surface area contributed by atoms with E-state index in [1.54, 1.807) is 7.11 Å². The van der Waals surface area contributed by atoms with Crippen molar-refractivity contribution in [1.29, 1.82) is 0 Å². The largest absolute Gasteiger partial charge is 0.493 e. The molecule has 0 spiro atoms. The second kappa shape index (κ2) is 11.9. The molecule has 0 radical (unpaired) electrons. The number of piperazine rings is 1. The smallest absolute Gasteiger partial charge is 0.161 e. The van der Waals surface area contributed by atoms with Gasteiger partial charge in [0.05, 0.1) is 13.7 Å². The fourth-order valence-electron chi connectivity index (χ4n) is 4.34. The molecule has 0 aromatic heterocycles. The van der Waals surface area contributed by atoms with Gasteiger partial charge in [-0.3, -0.25) is 4.90 Å². The first-order valence-corrected chi connectivity index (χ1v) is 9.59. The van der Waals surface area contributed by atoms with Crippen molar-refractivity contribution in [2.45, 2.75) is 45.1 Å². The van der Waals surface area contributed by atoms with Crippen molar-refractivity contribution < 1.29 is 9.47 Å². The molecule has 6 heteroatoms. The highest BCUT2D eigenvalue weighted by Gasteiger charge is 2.31. The van der Waals surface area contributed by atoms with E-state index in [1.165, 1.54) is 37.7 Å². The van der Waals surface area contributed by atoms with Crippen LogP contribution in [0.5, 0.6) is 11.5 Å². The van der Waals surface area contributed by atoms with Crippen LogP contribution in [0.25, 0.3) is 0 Å². The molecule has 26 heavy (non-hydrogen) atoms. The fourth-order valence-corrected chi connectivity index (χ4v) is 4.34. The van der Waals surface area contributed by atoms with Gasteiger partial charge in [0.2, 0.25) is 0 Å². The van der Waals surface area contributed by atoms with E-state index in [2.05, 4.69) is 28.4 Å². The first kappa shape index (κ1) is 23.4.